The Morgan fingerprint density at radius 3 is 2.79 bits per heavy atom. The second kappa shape index (κ2) is 6.55. The topological polar surface area (TPSA) is 25.2 Å². The Morgan fingerprint density at radius 1 is 1.37 bits per heavy atom. The van der Waals surface area contributed by atoms with E-state index in [1.165, 1.54) is 6.07 Å². The molecule has 0 aliphatic rings. The summed E-state index contributed by atoms with van der Waals surface area (Å²) in [5, 5.41) is 3.67. The maximum absolute atomic E-state index is 13.5. The van der Waals surface area contributed by atoms with E-state index in [1.807, 2.05) is 19.1 Å². The number of hydrogen-bond acceptors (Lipinski definition) is 2. The van der Waals surface area contributed by atoms with Gasteiger partial charge in [0.15, 0.2) is 5.22 Å². The Balaban J connectivity index is 2.23. The highest BCUT2D eigenvalue weighted by Gasteiger charge is 2.17. The predicted molar refractivity (Wildman–Crippen MR) is 77.9 cm³/mol. The fourth-order valence-electron chi connectivity index (χ4n) is 1.96. The van der Waals surface area contributed by atoms with E-state index in [9.17, 15) is 4.39 Å². The Bertz CT molecular complexity index is 558. The molecule has 2 nitrogen and oxygen atoms in total. The normalized spacial score (nSPS) is 12.6. The first-order valence-electron chi connectivity index (χ1n) is 6.03. The van der Waals surface area contributed by atoms with Gasteiger partial charge in [0, 0.05) is 0 Å². The SMILES string of the molecule is CCNC(Cc1cccc(F)c1Br)c1ccc(Cl)o1. The Morgan fingerprint density at radius 2 is 2.16 bits per heavy atom. The molecule has 0 spiro atoms. The minimum atomic E-state index is -0.259. The van der Waals surface area contributed by atoms with Crippen molar-refractivity contribution in [2.75, 3.05) is 6.54 Å². The molecule has 0 saturated heterocycles. The second-order valence-electron chi connectivity index (χ2n) is 4.17. The van der Waals surface area contributed by atoms with Crippen molar-refractivity contribution in [2.24, 2.45) is 0 Å². The van der Waals surface area contributed by atoms with Crippen molar-refractivity contribution in [3.05, 3.63) is 57.2 Å². The highest BCUT2D eigenvalue weighted by Crippen LogP contribution is 2.27. The molecule has 102 valence electrons. The third kappa shape index (κ3) is 3.59. The molecule has 1 N–H and O–H groups in total. The average Bonchev–Trinajstić information content (AvgIpc) is 2.81. The average molecular weight is 347 g/mol. The van der Waals surface area contributed by atoms with Crippen LogP contribution in [0.3, 0.4) is 0 Å². The molecule has 0 radical (unpaired) electrons. The zero-order valence-electron chi connectivity index (χ0n) is 10.4. The lowest BCUT2D eigenvalue weighted by atomic mass is 10.0. The summed E-state index contributed by atoms with van der Waals surface area (Å²) >= 11 is 9.08. The van der Waals surface area contributed by atoms with E-state index in [2.05, 4.69) is 21.2 Å². The fourth-order valence-corrected chi connectivity index (χ4v) is 2.54. The van der Waals surface area contributed by atoms with Gasteiger partial charge in [-0.05, 0) is 64.3 Å². The summed E-state index contributed by atoms with van der Waals surface area (Å²) in [5.41, 5.74) is 0.887. The summed E-state index contributed by atoms with van der Waals surface area (Å²) < 4.78 is 19.4. The van der Waals surface area contributed by atoms with Gasteiger partial charge in [0.25, 0.3) is 0 Å². The third-order valence-corrected chi connectivity index (χ3v) is 3.93. The first-order valence-corrected chi connectivity index (χ1v) is 7.20. The second-order valence-corrected chi connectivity index (χ2v) is 5.33. The van der Waals surface area contributed by atoms with Crippen LogP contribution >= 0.6 is 27.5 Å². The van der Waals surface area contributed by atoms with Crippen LogP contribution in [0.25, 0.3) is 0 Å². The molecule has 0 amide bonds. The van der Waals surface area contributed by atoms with E-state index in [0.29, 0.717) is 16.1 Å². The van der Waals surface area contributed by atoms with E-state index in [1.54, 1.807) is 12.1 Å². The van der Waals surface area contributed by atoms with Gasteiger partial charge in [-0.2, -0.15) is 0 Å². The van der Waals surface area contributed by atoms with Crippen LogP contribution in [0.2, 0.25) is 5.22 Å². The molecule has 0 aliphatic carbocycles. The summed E-state index contributed by atoms with van der Waals surface area (Å²) in [6.45, 7) is 2.80. The van der Waals surface area contributed by atoms with Crippen LogP contribution in [0.15, 0.2) is 39.2 Å². The van der Waals surface area contributed by atoms with Crippen LogP contribution in [0.1, 0.15) is 24.3 Å². The van der Waals surface area contributed by atoms with Gasteiger partial charge in [0.2, 0.25) is 0 Å². The van der Waals surface area contributed by atoms with Crippen LogP contribution in [0.5, 0.6) is 0 Å². The summed E-state index contributed by atoms with van der Waals surface area (Å²) in [5.74, 6) is 0.494. The summed E-state index contributed by atoms with van der Waals surface area (Å²) in [6.07, 6.45) is 0.621. The molecule has 5 heteroatoms. The minimum Gasteiger partial charge on any atom is -0.448 e. The molecule has 2 aromatic rings. The molecule has 0 fully saturated rings. The zero-order chi connectivity index (χ0) is 13.8. The number of furan rings is 1. The van der Waals surface area contributed by atoms with E-state index >= 15 is 0 Å². The van der Waals surface area contributed by atoms with Crippen LogP contribution in [-0.4, -0.2) is 6.54 Å². The summed E-state index contributed by atoms with van der Waals surface area (Å²) in [4.78, 5) is 0. The molecule has 2 rings (SSSR count). The number of likely N-dealkylation sites (N-methyl/N-ethyl adjacent to an activating group) is 1. The largest absolute Gasteiger partial charge is 0.448 e. The minimum absolute atomic E-state index is 0.0319. The first-order chi connectivity index (χ1) is 9.11. The van der Waals surface area contributed by atoms with Gasteiger partial charge < -0.3 is 9.73 Å². The van der Waals surface area contributed by atoms with Crippen molar-refractivity contribution in [3.63, 3.8) is 0 Å². The maximum Gasteiger partial charge on any atom is 0.193 e. The number of halogens is 3. The van der Waals surface area contributed by atoms with E-state index < -0.39 is 0 Å². The standard InChI is InChI=1S/C14H14BrClFNO/c1-2-18-11(12-6-7-13(16)19-12)8-9-4-3-5-10(17)14(9)15/h3-7,11,18H,2,8H2,1H3. The van der Waals surface area contributed by atoms with Gasteiger partial charge in [-0.25, -0.2) is 4.39 Å². The number of nitrogens with one attached hydrogen (secondary N) is 1. The predicted octanol–water partition coefficient (Wildman–Crippen LogP) is 4.73. The highest BCUT2D eigenvalue weighted by molar-refractivity contribution is 9.10. The molecule has 1 heterocycles. The van der Waals surface area contributed by atoms with Crippen molar-refractivity contribution < 1.29 is 8.81 Å². The van der Waals surface area contributed by atoms with Crippen molar-refractivity contribution >= 4 is 27.5 Å². The summed E-state index contributed by atoms with van der Waals surface area (Å²) in [6, 6.07) is 8.54. The van der Waals surface area contributed by atoms with Crippen molar-refractivity contribution in [2.45, 2.75) is 19.4 Å². The lowest BCUT2D eigenvalue weighted by Crippen LogP contribution is -2.22. The van der Waals surface area contributed by atoms with Crippen LogP contribution in [0, 0.1) is 5.82 Å². The van der Waals surface area contributed by atoms with Crippen molar-refractivity contribution in [1.82, 2.24) is 5.32 Å². The van der Waals surface area contributed by atoms with Crippen LogP contribution in [0.4, 0.5) is 4.39 Å². The first kappa shape index (κ1) is 14.6. The van der Waals surface area contributed by atoms with Crippen molar-refractivity contribution in [3.8, 4) is 0 Å². The fraction of sp³-hybridized carbons (Fsp3) is 0.286. The smallest absolute Gasteiger partial charge is 0.193 e. The molecule has 1 atom stereocenters. The lowest BCUT2D eigenvalue weighted by molar-refractivity contribution is 0.416. The third-order valence-electron chi connectivity index (χ3n) is 2.84. The molecule has 19 heavy (non-hydrogen) atoms. The molecule has 1 aromatic heterocycles. The van der Waals surface area contributed by atoms with Gasteiger partial charge in [-0.3, -0.25) is 0 Å². The van der Waals surface area contributed by atoms with Gasteiger partial charge >= 0.3 is 0 Å². The zero-order valence-corrected chi connectivity index (χ0v) is 12.8. The van der Waals surface area contributed by atoms with E-state index in [-0.39, 0.29) is 11.9 Å². The Kier molecular flexibility index (Phi) is 5.02. The lowest BCUT2D eigenvalue weighted by Gasteiger charge is -2.16. The van der Waals surface area contributed by atoms with Gasteiger partial charge in [0.05, 0.1) is 10.5 Å². The quantitative estimate of drug-likeness (QED) is 0.847. The molecule has 1 unspecified atom stereocenters. The molecule has 0 bridgehead atoms. The highest BCUT2D eigenvalue weighted by atomic mass is 79.9. The molecule has 0 saturated carbocycles. The Hall–Kier alpha value is -0.840. The van der Waals surface area contributed by atoms with E-state index in [0.717, 1.165) is 17.9 Å². The number of hydrogen-bond donors (Lipinski definition) is 1. The number of benzene rings is 1. The molecule has 1 aromatic carbocycles. The maximum atomic E-state index is 13.5. The van der Waals surface area contributed by atoms with Gasteiger partial charge in [-0.1, -0.05) is 19.1 Å². The summed E-state index contributed by atoms with van der Waals surface area (Å²) in [7, 11) is 0. The van der Waals surface area contributed by atoms with E-state index in [4.69, 9.17) is 16.0 Å². The number of rotatable bonds is 5. The van der Waals surface area contributed by atoms with Crippen LogP contribution in [-0.2, 0) is 6.42 Å². The van der Waals surface area contributed by atoms with Gasteiger partial charge in [0.1, 0.15) is 11.6 Å². The molecular weight excluding hydrogens is 333 g/mol. The monoisotopic (exact) mass is 345 g/mol. The van der Waals surface area contributed by atoms with Crippen molar-refractivity contribution in [1.29, 1.82) is 0 Å². The van der Waals surface area contributed by atoms with Gasteiger partial charge in [-0.15, -0.1) is 0 Å². The Labute approximate surface area is 125 Å². The molecule has 0 aliphatic heterocycles. The van der Waals surface area contributed by atoms with Crippen LogP contribution < -0.4 is 5.32 Å². The molecular formula is C14H14BrClFNO.